The Bertz CT molecular complexity index is 572. The highest BCUT2D eigenvalue weighted by Gasteiger charge is 2.22. The predicted octanol–water partition coefficient (Wildman–Crippen LogP) is 1.58. The van der Waals surface area contributed by atoms with E-state index >= 15 is 0 Å². The molecule has 0 radical (unpaired) electrons. The van der Waals surface area contributed by atoms with Crippen molar-refractivity contribution in [1.29, 1.82) is 0 Å². The zero-order valence-corrected chi connectivity index (χ0v) is 13.4. The van der Waals surface area contributed by atoms with Gasteiger partial charge in [-0.3, -0.25) is 14.2 Å². The van der Waals surface area contributed by atoms with Crippen molar-refractivity contribution in [2.45, 2.75) is 45.2 Å². The molecule has 0 spiro atoms. The van der Waals surface area contributed by atoms with Gasteiger partial charge in [0.05, 0.1) is 0 Å². The molecule has 1 saturated heterocycles. The van der Waals surface area contributed by atoms with Crippen LogP contribution in [0.3, 0.4) is 0 Å². The van der Waals surface area contributed by atoms with Crippen LogP contribution >= 0.6 is 0 Å². The Balaban J connectivity index is 1.32. The summed E-state index contributed by atoms with van der Waals surface area (Å²) in [6, 6.07) is 1.96. The maximum absolute atomic E-state index is 12.2. The first kappa shape index (κ1) is 15.7. The fraction of sp³-hybridized carbons (Fsp3) is 0.625. The second kappa shape index (κ2) is 7.89. The topological polar surface area (TPSA) is 68.8 Å². The van der Waals surface area contributed by atoms with Gasteiger partial charge in [0, 0.05) is 45.0 Å². The summed E-state index contributed by atoms with van der Waals surface area (Å²) in [5, 5.41) is 8.29. The van der Waals surface area contributed by atoms with Crippen molar-refractivity contribution in [2.75, 3.05) is 13.1 Å². The first-order chi connectivity index (χ1) is 11.3. The second-order valence-electron chi connectivity index (χ2n) is 6.14. The summed E-state index contributed by atoms with van der Waals surface area (Å²) in [5.74, 6) is 0.981. The highest BCUT2D eigenvalue weighted by Crippen LogP contribution is 2.21. The monoisotopic (exact) mass is 316 g/mol. The molecule has 2 aromatic heterocycles. The highest BCUT2D eigenvalue weighted by atomic mass is 16.2. The lowest BCUT2D eigenvalue weighted by Gasteiger charge is -2.32. The molecular weight excluding hydrogens is 292 g/mol. The van der Waals surface area contributed by atoms with Crippen molar-refractivity contribution >= 4 is 5.91 Å². The van der Waals surface area contributed by atoms with E-state index in [1.165, 1.54) is 6.33 Å². The molecule has 3 heterocycles. The number of likely N-dealkylation sites (tertiary alicyclic amines) is 1. The number of hydrogen-bond acceptors (Lipinski definition) is 4. The van der Waals surface area contributed by atoms with E-state index in [4.69, 9.17) is 0 Å². The van der Waals surface area contributed by atoms with E-state index in [-0.39, 0.29) is 5.91 Å². The number of aryl methyl sites for hydroxylation is 2. The third-order valence-corrected chi connectivity index (χ3v) is 4.54. The maximum atomic E-state index is 12.2. The van der Waals surface area contributed by atoms with E-state index in [0.717, 1.165) is 51.9 Å². The van der Waals surface area contributed by atoms with Crippen LogP contribution in [0.4, 0.5) is 0 Å². The Morgan fingerprint density at radius 2 is 2.00 bits per heavy atom. The van der Waals surface area contributed by atoms with Crippen LogP contribution in [-0.4, -0.2) is 48.4 Å². The molecule has 0 atom stereocenters. The summed E-state index contributed by atoms with van der Waals surface area (Å²) in [6.07, 6.45) is 11.8. The maximum Gasteiger partial charge on any atom is 0.222 e. The number of amides is 1. The van der Waals surface area contributed by atoms with Gasteiger partial charge in [-0.15, -0.1) is 0 Å². The quantitative estimate of drug-likeness (QED) is 0.778. The minimum absolute atomic E-state index is 0.274. The molecule has 0 aromatic carbocycles. The number of rotatable bonds is 7. The van der Waals surface area contributed by atoms with E-state index < -0.39 is 0 Å². The first-order valence-electron chi connectivity index (χ1n) is 8.39. The Hall–Kier alpha value is -2.18. The number of carbonyl (C=O) groups excluding carboxylic acids is 1. The molecule has 3 rings (SSSR count). The number of aromatic nitrogens is 5. The summed E-state index contributed by atoms with van der Waals surface area (Å²) in [4.78, 5) is 18.2. The minimum atomic E-state index is 0.274. The summed E-state index contributed by atoms with van der Waals surface area (Å²) in [5.41, 5.74) is 0. The standard InChI is InChI=1S/C16H24N6O/c23-16(3-1-8-22-14-17-13-19-22)20-10-4-15(5-11-20)6-12-21-9-2-7-18-21/h2,7,9,13-15H,1,3-6,8,10-12H2. The van der Waals surface area contributed by atoms with Crippen molar-refractivity contribution in [3.05, 3.63) is 31.1 Å². The largest absolute Gasteiger partial charge is 0.343 e. The highest BCUT2D eigenvalue weighted by molar-refractivity contribution is 5.76. The van der Waals surface area contributed by atoms with Gasteiger partial charge in [-0.05, 0) is 37.7 Å². The van der Waals surface area contributed by atoms with Crippen LogP contribution in [0.1, 0.15) is 32.1 Å². The van der Waals surface area contributed by atoms with E-state index in [9.17, 15) is 4.79 Å². The molecule has 1 aliphatic rings. The summed E-state index contributed by atoms with van der Waals surface area (Å²) in [7, 11) is 0. The first-order valence-corrected chi connectivity index (χ1v) is 8.39. The molecule has 1 aliphatic heterocycles. The fourth-order valence-corrected chi connectivity index (χ4v) is 3.12. The summed E-state index contributed by atoms with van der Waals surface area (Å²) in [6.45, 7) is 3.52. The van der Waals surface area contributed by atoms with Crippen LogP contribution in [0.2, 0.25) is 0 Å². The average molecular weight is 316 g/mol. The minimum Gasteiger partial charge on any atom is -0.343 e. The second-order valence-corrected chi connectivity index (χ2v) is 6.14. The molecular formula is C16H24N6O. The number of nitrogens with zero attached hydrogens (tertiary/aromatic N) is 6. The lowest BCUT2D eigenvalue weighted by molar-refractivity contribution is -0.132. The van der Waals surface area contributed by atoms with Gasteiger partial charge >= 0.3 is 0 Å². The molecule has 0 saturated carbocycles. The van der Waals surface area contributed by atoms with Crippen molar-refractivity contribution in [3.8, 4) is 0 Å². The van der Waals surface area contributed by atoms with E-state index in [1.807, 2.05) is 28.0 Å². The normalized spacial score (nSPS) is 15.9. The van der Waals surface area contributed by atoms with Gasteiger partial charge in [0.15, 0.2) is 0 Å². The molecule has 0 aliphatic carbocycles. The summed E-state index contributed by atoms with van der Waals surface area (Å²) < 4.78 is 3.76. The van der Waals surface area contributed by atoms with E-state index in [2.05, 4.69) is 15.2 Å². The molecule has 7 heteroatoms. The van der Waals surface area contributed by atoms with Gasteiger partial charge in [-0.25, -0.2) is 4.98 Å². The molecule has 0 bridgehead atoms. The molecule has 1 amide bonds. The number of piperidine rings is 1. The molecule has 2 aromatic rings. The Labute approximate surface area is 136 Å². The van der Waals surface area contributed by atoms with Gasteiger partial charge in [-0.2, -0.15) is 10.2 Å². The van der Waals surface area contributed by atoms with E-state index in [1.54, 1.807) is 11.0 Å². The van der Waals surface area contributed by atoms with Crippen LogP contribution in [0, 0.1) is 5.92 Å². The predicted molar refractivity (Wildman–Crippen MR) is 85.4 cm³/mol. The molecule has 0 N–H and O–H groups in total. The molecule has 1 fully saturated rings. The average Bonchev–Trinajstić information content (AvgIpc) is 3.27. The van der Waals surface area contributed by atoms with Crippen LogP contribution < -0.4 is 0 Å². The van der Waals surface area contributed by atoms with Gasteiger partial charge in [0.2, 0.25) is 5.91 Å². The van der Waals surface area contributed by atoms with Crippen molar-refractivity contribution in [3.63, 3.8) is 0 Å². The van der Waals surface area contributed by atoms with Gasteiger partial charge in [0.1, 0.15) is 12.7 Å². The van der Waals surface area contributed by atoms with Crippen LogP contribution in [-0.2, 0) is 17.9 Å². The molecule has 124 valence electrons. The van der Waals surface area contributed by atoms with Crippen LogP contribution in [0.15, 0.2) is 31.1 Å². The zero-order chi connectivity index (χ0) is 15.9. The number of hydrogen-bond donors (Lipinski definition) is 0. The third-order valence-electron chi connectivity index (χ3n) is 4.54. The summed E-state index contributed by atoms with van der Waals surface area (Å²) >= 11 is 0. The SMILES string of the molecule is O=C(CCCn1cncn1)N1CCC(CCn2cccn2)CC1. The van der Waals surface area contributed by atoms with Crippen molar-refractivity contribution < 1.29 is 4.79 Å². The van der Waals surface area contributed by atoms with Crippen molar-refractivity contribution in [2.24, 2.45) is 5.92 Å². The van der Waals surface area contributed by atoms with Crippen LogP contribution in [0.5, 0.6) is 0 Å². The van der Waals surface area contributed by atoms with E-state index in [0.29, 0.717) is 12.3 Å². The van der Waals surface area contributed by atoms with Crippen molar-refractivity contribution in [1.82, 2.24) is 29.4 Å². The van der Waals surface area contributed by atoms with Crippen LogP contribution in [0.25, 0.3) is 0 Å². The molecule has 7 nitrogen and oxygen atoms in total. The van der Waals surface area contributed by atoms with Gasteiger partial charge < -0.3 is 4.90 Å². The Morgan fingerprint density at radius 3 is 2.70 bits per heavy atom. The molecule has 23 heavy (non-hydrogen) atoms. The lowest BCUT2D eigenvalue weighted by Crippen LogP contribution is -2.38. The zero-order valence-electron chi connectivity index (χ0n) is 13.4. The number of carbonyl (C=O) groups is 1. The third kappa shape index (κ3) is 4.64. The van der Waals surface area contributed by atoms with Gasteiger partial charge in [0.25, 0.3) is 0 Å². The Kier molecular flexibility index (Phi) is 5.39. The smallest absolute Gasteiger partial charge is 0.222 e. The molecule has 0 unspecified atom stereocenters. The fourth-order valence-electron chi connectivity index (χ4n) is 3.12. The lowest BCUT2D eigenvalue weighted by atomic mass is 9.93. The van der Waals surface area contributed by atoms with Gasteiger partial charge in [-0.1, -0.05) is 0 Å². The Morgan fingerprint density at radius 1 is 1.13 bits per heavy atom.